The van der Waals surface area contributed by atoms with Gasteiger partial charge in [0.15, 0.2) is 9.84 Å². The monoisotopic (exact) mass is 402 g/mol. The number of alkyl halides is 3. The van der Waals surface area contributed by atoms with Gasteiger partial charge in [-0.1, -0.05) is 6.07 Å². The number of carbonyl (C=O) groups excluding carboxylic acids is 1. The van der Waals surface area contributed by atoms with Crippen molar-refractivity contribution in [3.05, 3.63) is 63.2 Å². The van der Waals surface area contributed by atoms with Gasteiger partial charge in [-0.3, -0.25) is 14.9 Å². The maximum atomic E-state index is 13.0. The van der Waals surface area contributed by atoms with E-state index < -0.39 is 43.0 Å². The molecule has 2 aromatic rings. The van der Waals surface area contributed by atoms with E-state index in [4.69, 9.17) is 0 Å². The Kier molecular flexibility index (Phi) is 5.27. The van der Waals surface area contributed by atoms with Crippen LogP contribution in [0.2, 0.25) is 0 Å². The van der Waals surface area contributed by atoms with Crippen LogP contribution >= 0.6 is 0 Å². The highest BCUT2D eigenvalue weighted by Gasteiger charge is 2.32. The summed E-state index contributed by atoms with van der Waals surface area (Å²) in [6.45, 7) is 1.26. The molecule has 0 spiro atoms. The van der Waals surface area contributed by atoms with E-state index in [0.717, 1.165) is 36.6 Å². The number of sulfone groups is 1. The first-order valence-corrected chi connectivity index (χ1v) is 9.17. The Bertz CT molecular complexity index is 1030. The summed E-state index contributed by atoms with van der Waals surface area (Å²) in [6.07, 6.45) is -3.82. The predicted octanol–water partition coefficient (Wildman–Crippen LogP) is 3.58. The molecule has 0 heterocycles. The molecule has 0 saturated carbocycles. The van der Waals surface area contributed by atoms with E-state index in [0.29, 0.717) is 0 Å². The lowest BCUT2D eigenvalue weighted by molar-refractivity contribution is -0.385. The van der Waals surface area contributed by atoms with Crippen LogP contribution in [0.25, 0.3) is 0 Å². The molecule has 0 aromatic heterocycles. The number of amides is 1. The lowest BCUT2D eigenvalue weighted by Crippen LogP contribution is -2.15. The molecule has 2 rings (SSSR count). The summed E-state index contributed by atoms with van der Waals surface area (Å²) in [5, 5.41) is 13.1. The van der Waals surface area contributed by atoms with Gasteiger partial charge in [-0.05, 0) is 30.7 Å². The summed E-state index contributed by atoms with van der Waals surface area (Å²) < 4.78 is 62.2. The third-order valence-corrected chi connectivity index (χ3v) is 4.69. The molecule has 0 radical (unpaired) electrons. The quantitative estimate of drug-likeness (QED) is 0.621. The first-order valence-electron chi connectivity index (χ1n) is 7.28. The second-order valence-corrected chi connectivity index (χ2v) is 7.74. The molecule has 11 heteroatoms. The third-order valence-electron chi connectivity index (χ3n) is 3.59. The SMILES string of the molecule is Cc1ccc(NC(=O)c2cc([N+](=O)[O-])cc(S(C)(=O)=O)c2)cc1C(F)(F)F. The third kappa shape index (κ3) is 4.82. The number of hydrogen-bond donors (Lipinski definition) is 1. The Morgan fingerprint density at radius 1 is 1.15 bits per heavy atom. The molecule has 0 atom stereocenters. The summed E-state index contributed by atoms with van der Waals surface area (Å²) in [5.41, 5.74) is -2.20. The maximum absolute atomic E-state index is 13.0. The molecule has 7 nitrogen and oxygen atoms in total. The predicted molar refractivity (Wildman–Crippen MR) is 90.3 cm³/mol. The Labute approximate surface area is 151 Å². The molecule has 2 aromatic carbocycles. The Balaban J connectivity index is 2.45. The second kappa shape index (κ2) is 6.99. The van der Waals surface area contributed by atoms with Crippen molar-refractivity contribution in [2.75, 3.05) is 11.6 Å². The molecule has 0 unspecified atom stereocenters. The summed E-state index contributed by atoms with van der Waals surface area (Å²) in [5.74, 6) is -0.986. The van der Waals surface area contributed by atoms with Crippen LogP contribution in [0.5, 0.6) is 0 Å². The largest absolute Gasteiger partial charge is 0.416 e. The number of halogens is 3. The summed E-state index contributed by atoms with van der Waals surface area (Å²) >= 11 is 0. The van der Waals surface area contributed by atoms with Gasteiger partial charge in [0, 0.05) is 29.6 Å². The van der Waals surface area contributed by atoms with E-state index in [2.05, 4.69) is 5.32 Å². The van der Waals surface area contributed by atoms with Gasteiger partial charge in [-0.2, -0.15) is 13.2 Å². The molecule has 0 fully saturated rings. The molecule has 0 aliphatic heterocycles. The fourth-order valence-corrected chi connectivity index (χ4v) is 2.92. The smallest absolute Gasteiger partial charge is 0.322 e. The number of anilines is 1. The molecule has 27 heavy (non-hydrogen) atoms. The second-order valence-electron chi connectivity index (χ2n) is 5.73. The molecule has 0 aliphatic rings. The number of nitrogens with one attached hydrogen (secondary N) is 1. The van der Waals surface area contributed by atoms with E-state index in [-0.39, 0.29) is 16.8 Å². The van der Waals surface area contributed by atoms with Gasteiger partial charge < -0.3 is 5.32 Å². The fourth-order valence-electron chi connectivity index (χ4n) is 2.24. The van der Waals surface area contributed by atoms with E-state index >= 15 is 0 Å². The van der Waals surface area contributed by atoms with Crippen molar-refractivity contribution >= 4 is 27.1 Å². The average molecular weight is 402 g/mol. The average Bonchev–Trinajstić information content (AvgIpc) is 2.54. The number of nitro benzene ring substituents is 1. The fraction of sp³-hybridized carbons (Fsp3) is 0.188. The van der Waals surface area contributed by atoms with Crippen LogP contribution in [0.3, 0.4) is 0 Å². The lowest BCUT2D eigenvalue weighted by atomic mass is 10.1. The molecular weight excluding hydrogens is 389 g/mol. The number of carbonyl (C=O) groups is 1. The summed E-state index contributed by atoms with van der Waals surface area (Å²) in [4.78, 5) is 21.9. The van der Waals surface area contributed by atoms with E-state index in [1.807, 2.05) is 0 Å². The molecule has 1 N–H and O–H groups in total. The van der Waals surface area contributed by atoms with Crippen LogP contribution in [-0.4, -0.2) is 25.5 Å². The minimum atomic E-state index is -4.63. The standard InChI is InChI=1S/C16H13F3N2O5S/c1-9-3-4-11(7-14(9)16(17,18)19)20-15(22)10-5-12(21(23)24)8-13(6-10)27(2,25)26/h3-8H,1-2H3,(H,20,22). The molecule has 1 amide bonds. The van der Waals surface area contributed by atoms with Crippen molar-refractivity contribution in [2.24, 2.45) is 0 Å². The van der Waals surface area contributed by atoms with Crippen LogP contribution < -0.4 is 5.32 Å². The van der Waals surface area contributed by atoms with Crippen molar-refractivity contribution in [1.29, 1.82) is 0 Å². The zero-order chi connectivity index (χ0) is 20.6. The number of benzene rings is 2. The highest BCUT2D eigenvalue weighted by Crippen LogP contribution is 2.33. The summed E-state index contributed by atoms with van der Waals surface area (Å²) in [7, 11) is -3.85. The highest BCUT2D eigenvalue weighted by molar-refractivity contribution is 7.90. The van der Waals surface area contributed by atoms with Crippen molar-refractivity contribution in [3.63, 3.8) is 0 Å². The van der Waals surface area contributed by atoms with Gasteiger partial charge >= 0.3 is 6.18 Å². The van der Waals surface area contributed by atoms with Crippen LogP contribution in [0.4, 0.5) is 24.5 Å². The Morgan fingerprint density at radius 3 is 2.30 bits per heavy atom. The number of nitro groups is 1. The molecular formula is C16H13F3N2O5S. The Hall–Kier alpha value is -2.95. The number of rotatable bonds is 4. The van der Waals surface area contributed by atoms with E-state index in [9.17, 15) is 36.5 Å². The minimum Gasteiger partial charge on any atom is -0.322 e. The normalized spacial score (nSPS) is 11.9. The van der Waals surface area contributed by atoms with Crippen molar-refractivity contribution in [3.8, 4) is 0 Å². The lowest BCUT2D eigenvalue weighted by Gasteiger charge is -2.13. The summed E-state index contributed by atoms with van der Waals surface area (Å²) in [6, 6.07) is 5.66. The van der Waals surface area contributed by atoms with Gasteiger partial charge in [0.2, 0.25) is 0 Å². The number of aryl methyl sites for hydroxylation is 1. The highest BCUT2D eigenvalue weighted by atomic mass is 32.2. The first-order chi connectivity index (χ1) is 12.3. The molecule has 0 saturated heterocycles. The van der Waals surface area contributed by atoms with Gasteiger partial charge in [-0.15, -0.1) is 0 Å². The van der Waals surface area contributed by atoms with Crippen LogP contribution in [0.15, 0.2) is 41.3 Å². The van der Waals surface area contributed by atoms with Crippen LogP contribution in [-0.2, 0) is 16.0 Å². The van der Waals surface area contributed by atoms with Crippen LogP contribution in [0, 0.1) is 17.0 Å². The molecule has 0 aliphatic carbocycles. The molecule has 0 bridgehead atoms. The molecule has 144 valence electrons. The number of non-ortho nitro benzene ring substituents is 1. The van der Waals surface area contributed by atoms with E-state index in [1.54, 1.807) is 0 Å². The zero-order valence-electron chi connectivity index (χ0n) is 14.0. The number of hydrogen-bond acceptors (Lipinski definition) is 5. The topological polar surface area (TPSA) is 106 Å². The zero-order valence-corrected chi connectivity index (χ0v) is 14.8. The minimum absolute atomic E-state index is 0.0461. The van der Waals surface area contributed by atoms with Gasteiger partial charge in [0.05, 0.1) is 15.4 Å². The van der Waals surface area contributed by atoms with Gasteiger partial charge in [0.25, 0.3) is 11.6 Å². The van der Waals surface area contributed by atoms with Crippen molar-refractivity contribution in [2.45, 2.75) is 18.0 Å². The Morgan fingerprint density at radius 2 is 1.78 bits per heavy atom. The van der Waals surface area contributed by atoms with Gasteiger partial charge in [-0.25, -0.2) is 8.42 Å². The van der Waals surface area contributed by atoms with Crippen molar-refractivity contribution in [1.82, 2.24) is 0 Å². The number of nitrogens with zero attached hydrogens (tertiary/aromatic N) is 1. The van der Waals surface area contributed by atoms with Gasteiger partial charge in [0.1, 0.15) is 0 Å². The first kappa shape index (κ1) is 20.4. The van der Waals surface area contributed by atoms with Crippen molar-refractivity contribution < 1.29 is 31.3 Å². The van der Waals surface area contributed by atoms with Crippen LogP contribution in [0.1, 0.15) is 21.5 Å². The maximum Gasteiger partial charge on any atom is 0.416 e. The van der Waals surface area contributed by atoms with E-state index in [1.165, 1.54) is 13.0 Å².